The lowest BCUT2D eigenvalue weighted by Crippen LogP contribution is -2.29. The Morgan fingerprint density at radius 3 is 2.39 bits per heavy atom. The van der Waals surface area contributed by atoms with Gasteiger partial charge in [-0.15, -0.1) is 0 Å². The molecule has 33 heavy (non-hydrogen) atoms. The van der Waals surface area contributed by atoms with Crippen molar-refractivity contribution in [3.05, 3.63) is 95.2 Å². The molecule has 1 atom stereocenters. The van der Waals surface area contributed by atoms with Crippen LogP contribution in [0.25, 0.3) is 5.76 Å². The number of rotatable bonds is 7. The van der Waals surface area contributed by atoms with Gasteiger partial charge in [0.2, 0.25) is 0 Å². The zero-order valence-electron chi connectivity index (χ0n) is 18.3. The summed E-state index contributed by atoms with van der Waals surface area (Å²) in [5.74, 6) is -0.852. The van der Waals surface area contributed by atoms with Crippen LogP contribution in [0.5, 0.6) is 5.75 Å². The van der Waals surface area contributed by atoms with Crippen molar-refractivity contribution in [2.24, 2.45) is 5.92 Å². The fraction of sp³-hybridized carbons (Fsp3) is 0.231. The van der Waals surface area contributed by atoms with Crippen LogP contribution in [0.2, 0.25) is 0 Å². The monoisotopic (exact) mass is 449 g/mol. The zero-order chi connectivity index (χ0) is 23.5. The molecule has 1 aliphatic heterocycles. The van der Waals surface area contributed by atoms with E-state index in [2.05, 4.69) is 0 Å². The van der Waals surface area contributed by atoms with E-state index in [1.807, 2.05) is 13.8 Å². The molecule has 1 saturated heterocycles. The highest BCUT2D eigenvalue weighted by Gasteiger charge is 2.46. The topological polar surface area (TPSA) is 80.0 Å². The van der Waals surface area contributed by atoms with E-state index in [0.29, 0.717) is 35.2 Å². The maximum Gasteiger partial charge on any atom is 0.296 e. The number of hydrogen-bond donors (Lipinski definition) is 1. The molecule has 1 aliphatic rings. The van der Waals surface area contributed by atoms with Gasteiger partial charge >= 0.3 is 0 Å². The lowest BCUT2D eigenvalue weighted by Gasteiger charge is -2.24. The minimum Gasteiger partial charge on any atom is -0.507 e. The summed E-state index contributed by atoms with van der Waals surface area (Å²) in [5.41, 5.74) is 0.810. The van der Waals surface area contributed by atoms with Gasteiger partial charge in [0.25, 0.3) is 11.7 Å². The summed E-state index contributed by atoms with van der Waals surface area (Å²) < 4.78 is 24.6. The zero-order valence-corrected chi connectivity index (χ0v) is 18.3. The van der Waals surface area contributed by atoms with Crippen molar-refractivity contribution in [3.63, 3.8) is 0 Å². The predicted molar refractivity (Wildman–Crippen MR) is 120 cm³/mol. The summed E-state index contributed by atoms with van der Waals surface area (Å²) in [7, 11) is 0. The quantitative estimate of drug-likeness (QED) is 0.309. The molecule has 1 amide bonds. The van der Waals surface area contributed by atoms with Gasteiger partial charge in [0, 0.05) is 5.56 Å². The second-order valence-corrected chi connectivity index (χ2v) is 8.29. The number of benzene rings is 2. The molecule has 0 bridgehead atoms. The summed E-state index contributed by atoms with van der Waals surface area (Å²) in [5, 5.41) is 11.1. The molecule has 2 heterocycles. The Labute approximate surface area is 190 Å². The lowest BCUT2D eigenvalue weighted by atomic mass is 9.95. The van der Waals surface area contributed by atoms with E-state index in [4.69, 9.17) is 9.15 Å². The van der Waals surface area contributed by atoms with E-state index in [9.17, 15) is 19.1 Å². The number of aliphatic hydroxyl groups excluding tert-OH is 1. The van der Waals surface area contributed by atoms with Gasteiger partial charge < -0.3 is 19.2 Å². The van der Waals surface area contributed by atoms with Gasteiger partial charge in [-0.3, -0.25) is 9.59 Å². The van der Waals surface area contributed by atoms with Gasteiger partial charge in [-0.25, -0.2) is 4.39 Å². The third-order valence-corrected chi connectivity index (χ3v) is 5.34. The Bertz CT molecular complexity index is 1160. The average molecular weight is 449 g/mol. The van der Waals surface area contributed by atoms with E-state index in [1.165, 1.54) is 35.4 Å². The van der Waals surface area contributed by atoms with Crippen LogP contribution >= 0.6 is 0 Å². The van der Waals surface area contributed by atoms with Crippen LogP contribution in [-0.4, -0.2) is 28.3 Å². The molecule has 0 radical (unpaired) electrons. The molecule has 1 aromatic heterocycles. The molecule has 0 spiro atoms. The van der Waals surface area contributed by atoms with Crippen molar-refractivity contribution in [2.45, 2.75) is 26.4 Å². The van der Waals surface area contributed by atoms with Crippen molar-refractivity contribution < 1.29 is 28.2 Å². The van der Waals surface area contributed by atoms with Crippen molar-refractivity contribution >= 4 is 17.4 Å². The highest BCUT2D eigenvalue weighted by molar-refractivity contribution is 6.46. The van der Waals surface area contributed by atoms with Crippen LogP contribution in [0.1, 0.15) is 36.8 Å². The van der Waals surface area contributed by atoms with Gasteiger partial charge in [0.05, 0.1) is 31.0 Å². The highest BCUT2D eigenvalue weighted by Crippen LogP contribution is 2.40. The summed E-state index contributed by atoms with van der Waals surface area (Å²) in [4.78, 5) is 27.3. The molecule has 170 valence electrons. The normalized spacial score (nSPS) is 17.7. The first-order valence-corrected chi connectivity index (χ1v) is 10.6. The highest BCUT2D eigenvalue weighted by atomic mass is 19.1. The van der Waals surface area contributed by atoms with Crippen molar-refractivity contribution in [2.75, 3.05) is 6.61 Å². The first-order valence-electron chi connectivity index (χ1n) is 10.6. The number of hydrogen-bond acceptors (Lipinski definition) is 5. The van der Waals surface area contributed by atoms with E-state index in [0.717, 1.165) is 0 Å². The number of nitrogens with zero attached hydrogens (tertiary/aromatic N) is 1. The van der Waals surface area contributed by atoms with E-state index in [1.54, 1.807) is 36.4 Å². The van der Waals surface area contributed by atoms with Crippen LogP contribution in [0.15, 0.2) is 76.9 Å². The molecule has 7 heteroatoms. The summed E-state index contributed by atoms with van der Waals surface area (Å²) in [6.45, 7) is 4.65. The first kappa shape index (κ1) is 22.3. The Morgan fingerprint density at radius 2 is 1.79 bits per heavy atom. The maximum absolute atomic E-state index is 13.6. The number of aliphatic hydroxyl groups is 1. The smallest absolute Gasteiger partial charge is 0.296 e. The number of furan rings is 1. The number of amides is 1. The average Bonchev–Trinajstić information content (AvgIpc) is 3.41. The fourth-order valence-electron chi connectivity index (χ4n) is 3.73. The van der Waals surface area contributed by atoms with Crippen LogP contribution < -0.4 is 4.74 Å². The number of halogens is 1. The molecule has 0 saturated carbocycles. The van der Waals surface area contributed by atoms with Crippen molar-refractivity contribution in [3.8, 4) is 5.75 Å². The van der Waals surface area contributed by atoms with Gasteiger partial charge in [-0.2, -0.15) is 0 Å². The third-order valence-electron chi connectivity index (χ3n) is 5.34. The van der Waals surface area contributed by atoms with Gasteiger partial charge in [0.1, 0.15) is 23.1 Å². The number of carbonyl (C=O) groups is 2. The molecule has 1 fully saturated rings. The number of likely N-dealkylation sites (tertiary alicyclic amines) is 1. The molecule has 4 rings (SSSR count). The molecule has 2 aromatic carbocycles. The summed E-state index contributed by atoms with van der Waals surface area (Å²) in [6, 6.07) is 14.6. The Balaban J connectivity index is 1.75. The van der Waals surface area contributed by atoms with Crippen molar-refractivity contribution in [1.82, 2.24) is 4.90 Å². The number of carbonyl (C=O) groups excluding carboxylic acids is 2. The van der Waals surface area contributed by atoms with E-state index in [-0.39, 0.29) is 17.9 Å². The number of ketones is 1. The molecule has 3 aromatic rings. The Hall–Kier alpha value is -3.87. The number of ether oxygens (including phenoxy) is 1. The third kappa shape index (κ3) is 4.67. The molecule has 0 aliphatic carbocycles. The second kappa shape index (κ2) is 9.32. The van der Waals surface area contributed by atoms with Crippen LogP contribution in [0, 0.1) is 11.7 Å². The Kier molecular flexibility index (Phi) is 6.31. The minimum absolute atomic E-state index is 0.0262. The fourth-order valence-corrected chi connectivity index (χ4v) is 3.73. The lowest BCUT2D eigenvalue weighted by molar-refractivity contribution is -0.140. The maximum atomic E-state index is 13.6. The molecule has 1 N–H and O–H groups in total. The van der Waals surface area contributed by atoms with Crippen LogP contribution in [0.3, 0.4) is 0 Å². The van der Waals surface area contributed by atoms with Crippen molar-refractivity contribution in [1.29, 1.82) is 0 Å². The first-order chi connectivity index (χ1) is 15.8. The van der Waals surface area contributed by atoms with E-state index >= 15 is 0 Å². The molecular weight excluding hydrogens is 425 g/mol. The van der Waals surface area contributed by atoms with Crippen LogP contribution in [-0.2, 0) is 16.1 Å². The van der Waals surface area contributed by atoms with Crippen LogP contribution in [0.4, 0.5) is 4.39 Å². The molecular formula is C26H24FNO5. The predicted octanol–water partition coefficient (Wildman–Crippen LogP) is 5.08. The second-order valence-electron chi connectivity index (χ2n) is 8.29. The largest absolute Gasteiger partial charge is 0.507 e. The van der Waals surface area contributed by atoms with Gasteiger partial charge in [-0.05, 0) is 60.0 Å². The molecule has 1 unspecified atom stereocenters. The minimum atomic E-state index is -0.896. The summed E-state index contributed by atoms with van der Waals surface area (Å²) in [6.07, 6.45) is 1.47. The van der Waals surface area contributed by atoms with Gasteiger partial charge in [0.15, 0.2) is 0 Å². The Morgan fingerprint density at radius 1 is 1.09 bits per heavy atom. The SMILES string of the molecule is CC(C)COc1ccc(/C(O)=C2/C(=O)C(=O)N(Cc3ccco3)C2c2ccc(F)cc2)cc1. The van der Waals surface area contributed by atoms with E-state index < -0.39 is 23.5 Å². The summed E-state index contributed by atoms with van der Waals surface area (Å²) >= 11 is 0. The molecule has 6 nitrogen and oxygen atoms in total. The van der Waals surface area contributed by atoms with Gasteiger partial charge in [-0.1, -0.05) is 26.0 Å². The number of Topliss-reactive ketones (excluding diaryl/α,β-unsaturated/α-hetero) is 1. The standard InChI is InChI=1S/C26H24FNO5/c1-16(2)15-33-20-11-7-18(8-12-20)24(29)22-23(17-5-9-19(27)10-6-17)28(26(31)25(22)30)14-21-4-3-13-32-21/h3-13,16,23,29H,14-15H2,1-2H3/b24-22-.